The minimum Gasteiger partial charge on any atom is -0.392 e. The standard InChI is InChI=1S/C10H21NO2/c1-4-13-6-5-11-8-7-9(12)10(8,2)3/h8-9,11-12H,4-7H2,1-3H3. The normalized spacial score (nSPS) is 31.4. The fourth-order valence-corrected chi connectivity index (χ4v) is 1.70. The molecule has 2 N–H and O–H groups in total. The molecule has 3 nitrogen and oxygen atoms in total. The molecule has 1 rings (SSSR count). The van der Waals surface area contributed by atoms with Gasteiger partial charge in [-0.05, 0) is 13.3 Å². The van der Waals surface area contributed by atoms with Crippen LogP contribution < -0.4 is 5.32 Å². The monoisotopic (exact) mass is 187 g/mol. The second-order valence-electron chi connectivity index (χ2n) is 4.28. The van der Waals surface area contributed by atoms with Crippen LogP contribution in [0.2, 0.25) is 0 Å². The van der Waals surface area contributed by atoms with Crippen LogP contribution in [0.1, 0.15) is 27.2 Å². The highest BCUT2D eigenvalue weighted by Gasteiger charge is 2.46. The Morgan fingerprint density at radius 2 is 2.23 bits per heavy atom. The minimum atomic E-state index is -0.142. The van der Waals surface area contributed by atoms with E-state index in [-0.39, 0.29) is 11.5 Å². The highest BCUT2D eigenvalue weighted by molar-refractivity contribution is 5.01. The Balaban J connectivity index is 2.10. The first-order valence-corrected chi connectivity index (χ1v) is 5.08. The van der Waals surface area contributed by atoms with Gasteiger partial charge in [0.15, 0.2) is 0 Å². The van der Waals surface area contributed by atoms with E-state index in [0.717, 1.165) is 26.2 Å². The molecule has 2 atom stereocenters. The number of hydrogen-bond acceptors (Lipinski definition) is 3. The number of nitrogens with one attached hydrogen (secondary N) is 1. The first-order valence-electron chi connectivity index (χ1n) is 5.08. The van der Waals surface area contributed by atoms with Crippen LogP contribution in [0.25, 0.3) is 0 Å². The molecule has 0 heterocycles. The Kier molecular flexibility index (Phi) is 3.71. The molecule has 1 aliphatic carbocycles. The zero-order valence-corrected chi connectivity index (χ0v) is 8.84. The lowest BCUT2D eigenvalue weighted by atomic mass is 9.64. The van der Waals surface area contributed by atoms with Crippen LogP contribution in [0.3, 0.4) is 0 Å². The molecule has 0 aliphatic heterocycles. The third-order valence-corrected chi connectivity index (χ3v) is 3.06. The second kappa shape index (κ2) is 4.40. The molecule has 1 saturated carbocycles. The summed E-state index contributed by atoms with van der Waals surface area (Å²) in [7, 11) is 0. The topological polar surface area (TPSA) is 41.5 Å². The van der Waals surface area contributed by atoms with Crippen LogP contribution in [0.15, 0.2) is 0 Å². The predicted octanol–water partition coefficient (Wildman–Crippen LogP) is 0.772. The van der Waals surface area contributed by atoms with E-state index in [0.29, 0.717) is 6.04 Å². The number of hydrogen-bond donors (Lipinski definition) is 2. The van der Waals surface area contributed by atoms with Crippen molar-refractivity contribution in [2.45, 2.75) is 39.3 Å². The van der Waals surface area contributed by atoms with E-state index in [1.54, 1.807) is 0 Å². The van der Waals surface area contributed by atoms with Crippen molar-refractivity contribution in [1.29, 1.82) is 0 Å². The molecule has 13 heavy (non-hydrogen) atoms. The zero-order chi connectivity index (χ0) is 9.90. The largest absolute Gasteiger partial charge is 0.392 e. The summed E-state index contributed by atoms with van der Waals surface area (Å²) in [5.74, 6) is 0. The van der Waals surface area contributed by atoms with Gasteiger partial charge in [0.1, 0.15) is 0 Å². The van der Waals surface area contributed by atoms with Crippen molar-refractivity contribution in [3.05, 3.63) is 0 Å². The average molecular weight is 187 g/mol. The summed E-state index contributed by atoms with van der Waals surface area (Å²) in [6, 6.07) is 0.447. The van der Waals surface area contributed by atoms with Crippen LogP contribution in [-0.2, 0) is 4.74 Å². The lowest BCUT2D eigenvalue weighted by Gasteiger charge is -2.49. The van der Waals surface area contributed by atoms with Gasteiger partial charge < -0.3 is 15.2 Å². The van der Waals surface area contributed by atoms with Gasteiger partial charge >= 0.3 is 0 Å². The maximum atomic E-state index is 9.48. The molecule has 3 heteroatoms. The van der Waals surface area contributed by atoms with Crippen LogP contribution in [-0.4, -0.2) is 37.0 Å². The third-order valence-electron chi connectivity index (χ3n) is 3.06. The maximum absolute atomic E-state index is 9.48. The Morgan fingerprint density at radius 1 is 1.54 bits per heavy atom. The molecule has 2 unspecified atom stereocenters. The number of rotatable bonds is 5. The molecule has 0 amide bonds. The van der Waals surface area contributed by atoms with Crippen molar-refractivity contribution in [2.75, 3.05) is 19.8 Å². The lowest BCUT2D eigenvalue weighted by Crippen LogP contribution is -2.60. The van der Waals surface area contributed by atoms with E-state index in [4.69, 9.17) is 4.74 Å². The summed E-state index contributed by atoms with van der Waals surface area (Å²) in [6.45, 7) is 8.61. The van der Waals surface area contributed by atoms with Crippen LogP contribution in [0, 0.1) is 5.41 Å². The summed E-state index contributed by atoms with van der Waals surface area (Å²) < 4.78 is 5.22. The van der Waals surface area contributed by atoms with Gasteiger partial charge in [-0.2, -0.15) is 0 Å². The van der Waals surface area contributed by atoms with Gasteiger partial charge in [0, 0.05) is 24.6 Å². The fourth-order valence-electron chi connectivity index (χ4n) is 1.70. The van der Waals surface area contributed by atoms with Gasteiger partial charge in [-0.3, -0.25) is 0 Å². The fraction of sp³-hybridized carbons (Fsp3) is 1.00. The maximum Gasteiger partial charge on any atom is 0.0621 e. The van der Waals surface area contributed by atoms with Gasteiger partial charge in [-0.15, -0.1) is 0 Å². The van der Waals surface area contributed by atoms with Gasteiger partial charge in [-0.1, -0.05) is 13.8 Å². The quantitative estimate of drug-likeness (QED) is 0.625. The van der Waals surface area contributed by atoms with Crippen molar-refractivity contribution < 1.29 is 9.84 Å². The average Bonchev–Trinajstić information content (AvgIpc) is 2.10. The molecule has 1 fully saturated rings. The summed E-state index contributed by atoms with van der Waals surface area (Å²) in [5, 5.41) is 12.9. The number of ether oxygens (including phenoxy) is 1. The Labute approximate surface area is 80.5 Å². The summed E-state index contributed by atoms with van der Waals surface area (Å²) in [5.41, 5.74) is 0.0339. The smallest absolute Gasteiger partial charge is 0.0621 e. The molecule has 0 radical (unpaired) electrons. The van der Waals surface area contributed by atoms with E-state index in [1.165, 1.54) is 0 Å². The van der Waals surface area contributed by atoms with Crippen molar-refractivity contribution in [1.82, 2.24) is 5.32 Å². The van der Waals surface area contributed by atoms with E-state index < -0.39 is 0 Å². The molecule has 0 aromatic rings. The zero-order valence-electron chi connectivity index (χ0n) is 8.84. The van der Waals surface area contributed by atoms with Gasteiger partial charge in [0.25, 0.3) is 0 Å². The summed E-state index contributed by atoms with van der Waals surface area (Å²) in [4.78, 5) is 0. The molecular weight excluding hydrogens is 166 g/mol. The Bertz CT molecular complexity index is 159. The van der Waals surface area contributed by atoms with Crippen molar-refractivity contribution in [3.8, 4) is 0 Å². The molecule has 1 aliphatic rings. The molecule has 0 spiro atoms. The number of aliphatic hydroxyl groups excluding tert-OH is 1. The van der Waals surface area contributed by atoms with Crippen molar-refractivity contribution in [3.63, 3.8) is 0 Å². The Hall–Kier alpha value is -0.120. The van der Waals surface area contributed by atoms with Crippen LogP contribution in [0.5, 0.6) is 0 Å². The van der Waals surface area contributed by atoms with Gasteiger partial charge in [0.2, 0.25) is 0 Å². The molecular formula is C10H21NO2. The highest BCUT2D eigenvalue weighted by Crippen LogP contribution is 2.40. The molecule has 0 bridgehead atoms. The second-order valence-corrected chi connectivity index (χ2v) is 4.28. The van der Waals surface area contributed by atoms with E-state index in [9.17, 15) is 5.11 Å². The van der Waals surface area contributed by atoms with Crippen molar-refractivity contribution in [2.24, 2.45) is 5.41 Å². The first kappa shape index (κ1) is 11.0. The highest BCUT2D eigenvalue weighted by atomic mass is 16.5. The van der Waals surface area contributed by atoms with Crippen molar-refractivity contribution >= 4 is 0 Å². The summed E-state index contributed by atoms with van der Waals surface area (Å²) >= 11 is 0. The van der Waals surface area contributed by atoms with Gasteiger partial charge in [0.05, 0.1) is 12.7 Å². The third kappa shape index (κ3) is 2.42. The lowest BCUT2D eigenvalue weighted by molar-refractivity contribution is -0.0736. The van der Waals surface area contributed by atoms with Crippen LogP contribution >= 0.6 is 0 Å². The molecule has 0 aromatic heterocycles. The molecule has 0 saturated heterocycles. The van der Waals surface area contributed by atoms with Gasteiger partial charge in [-0.25, -0.2) is 0 Å². The predicted molar refractivity (Wildman–Crippen MR) is 52.7 cm³/mol. The molecule has 0 aromatic carbocycles. The summed E-state index contributed by atoms with van der Waals surface area (Å²) in [6.07, 6.45) is 0.733. The number of aliphatic hydroxyl groups is 1. The first-order chi connectivity index (χ1) is 6.09. The van der Waals surface area contributed by atoms with Crippen LogP contribution in [0.4, 0.5) is 0 Å². The van der Waals surface area contributed by atoms with E-state index in [1.807, 2.05) is 6.92 Å². The minimum absolute atomic E-state index is 0.0339. The van der Waals surface area contributed by atoms with E-state index in [2.05, 4.69) is 19.2 Å². The SMILES string of the molecule is CCOCCNC1CC(O)C1(C)C. The Morgan fingerprint density at radius 3 is 2.69 bits per heavy atom. The van der Waals surface area contributed by atoms with E-state index >= 15 is 0 Å². The molecule has 78 valence electrons.